The maximum atomic E-state index is 12.1. The van der Waals surface area contributed by atoms with Crippen LogP contribution in [-0.4, -0.2) is 22.8 Å². The summed E-state index contributed by atoms with van der Waals surface area (Å²) in [6, 6.07) is 0. The van der Waals surface area contributed by atoms with Gasteiger partial charge >= 0.3 is 0 Å². The molecule has 1 N–H and O–H groups in total. The van der Waals surface area contributed by atoms with Crippen molar-refractivity contribution < 1.29 is 14.7 Å². The third-order valence-corrected chi connectivity index (χ3v) is 7.12. The normalized spacial score (nSPS) is 49.2. The van der Waals surface area contributed by atoms with Crippen LogP contribution in [0.2, 0.25) is 0 Å². The number of aliphatic hydroxyl groups excluding tert-OH is 1. The van der Waals surface area contributed by atoms with Crippen LogP contribution < -0.4 is 0 Å². The Morgan fingerprint density at radius 3 is 2.76 bits per heavy atom. The van der Waals surface area contributed by atoms with Crippen molar-refractivity contribution in [1.82, 2.24) is 0 Å². The summed E-state index contributed by atoms with van der Waals surface area (Å²) in [5.41, 5.74) is 1.36. The molecule has 0 aromatic heterocycles. The molecule has 0 saturated heterocycles. The van der Waals surface area contributed by atoms with Gasteiger partial charge in [-0.2, -0.15) is 0 Å². The summed E-state index contributed by atoms with van der Waals surface area (Å²) in [5.74, 6) is 1.27. The van der Waals surface area contributed by atoms with Crippen molar-refractivity contribution in [3.05, 3.63) is 11.6 Å². The molecule has 3 saturated carbocycles. The number of allylic oxidation sites excluding steroid dienone is 2. The zero-order valence-corrected chi connectivity index (χ0v) is 12.7. The van der Waals surface area contributed by atoms with Gasteiger partial charge in [0.1, 0.15) is 0 Å². The molecule has 0 aromatic carbocycles. The van der Waals surface area contributed by atoms with E-state index in [0.29, 0.717) is 24.2 Å². The molecule has 4 rings (SSSR count). The van der Waals surface area contributed by atoms with Crippen LogP contribution in [0, 0.1) is 29.1 Å². The summed E-state index contributed by atoms with van der Waals surface area (Å²) in [6.07, 6.45) is 8.35. The predicted molar refractivity (Wildman–Crippen MR) is 78.5 cm³/mol. The Kier molecular flexibility index (Phi) is 2.94. The Balaban J connectivity index is 1.66. The monoisotopic (exact) mass is 288 g/mol. The SMILES string of the molecule is C[C@]12CC[C@@H]3C4=CCC(=O)C(=O)C4CC[C@H]3[C@@H]1CC[C@@H]2O. The average Bonchev–Trinajstić information content (AvgIpc) is 2.78. The van der Waals surface area contributed by atoms with Crippen LogP contribution in [0.3, 0.4) is 0 Å². The first-order valence-corrected chi connectivity index (χ1v) is 8.47. The number of carbonyl (C=O) groups is 2. The van der Waals surface area contributed by atoms with Crippen molar-refractivity contribution in [1.29, 1.82) is 0 Å². The Morgan fingerprint density at radius 2 is 1.95 bits per heavy atom. The zero-order valence-electron chi connectivity index (χ0n) is 12.7. The lowest BCUT2D eigenvalue weighted by atomic mass is 9.53. The lowest BCUT2D eigenvalue weighted by molar-refractivity contribution is -0.139. The summed E-state index contributed by atoms with van der Waals surface area (Å²) >= 11 is 0. The summed E-state index contributed by atoms with van der Waals surface area (Å²) in [5, 5.41) is 10.4. The quantitative estimate of drug-likeness (QED) is 0.551. The molecule has 0 aliphatic heterocycles. The molecule has 1 unspecified atom stereocenters. The molecule has 0 spiro atoms. The lowest BCUT2D eigenvalue weighted by Gasteiger charge is -2.52. The largest absolute Gasteiger partial charge is 0.393 e. The maximum Gasteiger partial charge on any atom is 0.205 e. The van der Waals surface area contributed by atoms with Gasteiger partial charge in [-0.1, -0.05) is 18.6 Å². The predicted octanol–water partition coefficient (Wildman–Crippen LogP) is 2.67. The molecule has 3 nitrogen and oxygen atoms in total. The maximum absolute atomic E-state index is 12.1. The highest BCUT2D eigenvalue weighted by atomic mass is 16.3. The van der Waals surface area contributed by atoms with Crippen molar-refractivity contribution in [3.8, 4) is 0 Å². The molecule has 114 valence electrons. The van der Waals surface area contributed by atoms with Crippen LogP contribution in [0.4, 0.5) is 0 Å². The van der Waals surface area contributed by atoms with Gasteiger partial charge in [-0.3, -0.25) is 9.59 Å². The molecule has 3 heteroatoms. The molecule has 3 fully saturated rings. The van der Waals surface area contributed by atoms with Crippen molar-refractivity contribution in [3.63, 3.8) is 0 Å². The highest BCUT2D eigenvalue weighted by Crippen LogP contribution is 2.61. The third-order valence-electron chi connectivity index (χ3n) is 7.12. The van der Waals surface area contributed by atoms with Crippen molar-refractivity contribution in [2.24, 2.45) is 29.1 Å². The topological polar surface area (TPSA) is 54.4 Å². The number of ketones is 2. The van der Waals surface area contributed by atoms with E-state index in [9.17, 15) is 14.7 Å². The molecular weight excluding hydrogens is 264 g/mol. The van der Waals surface area contributed by atoms with E-state index in [1.807, 2.05) is 0 Å². The lowest BCUT2D eigenvalue weighted by Crippen LogP contribution is -2.48. The van der Waals surface area contributed by atoms with E-state index in [-0.39, 0.29) is 29.0 Å². The fourth-order valence-corrected chi connectivity index (χ4v) is 5.94. The molecule has 0 bridgehead atoms. The van der Waals surface area contributed by atoms with Crippen molar-refractivity contribution >= 4 is 11.6 Å². The van der Waals surface area contributed by atoms with E-state index in [0.717, 1.165) is 38.5 Å². The first-order valence-electron chi connectivity index (χ1n) is 8.47. The fourth-order valence-electron chi connectivity index (χ4n) is 5.94. The van der Waals surface area contributed by atoms with Crippen LogP contribution >= 0.6 is 0 Å². The smallest absolute Gasteiger partial charge is 0.205 e. The van der Waals surface area contributed by atoms with Gasteiger partial charge in [0.05, 0.1) is 6.10 Å². The van der Waals surface area contributed by atoms with Crippen molar-refractivity contribution in [2.45, 2.75) is 58.0 Å². The van der Waals surface area contributed by atoms with E-state index in [2.05, 4.69) is 13.0 Å². The van der Waals surface area contributed by atoms with E-state index in [1.54, 1.807) is 0 Å². The van der Waals surface area contributed by atoms with Crippen molar-refractivity contribution in [2.75, 3.05) is 0 Å². The van der Waals surface area contributed by atoms with Crippen LogP contribution in [0.15, 0.2) is 11.6 Å². The van der Waals surface area contributed by atoms with Gasteiger partial charge in [-0.05, 0) is 61.7 Å². The molecule has 21 heavy (non-hydrogen) atoms. The number of rotatable bonds is 0. The first-order chi connectivity index (χ1) is 10.0. The molecule has 4 aliphatic rings. The van der Waals surface area contributed by atoms with Gasteiger partial charge in [0.2, 0.25) is 11.6 Å². The standard InChI is InChI=1S/C18H24O3/c1-18-9-8-11-10-4-6-15(19)17(21)13(10)3-2-12(11)14(18)5-7-16(18)20/h4,11-14,16,20H,2-3,5-9H2,1H3/t11-,12-,13?,14+,16+,18+/m1/s1. The van der Waals surface area contributed by atoms with Gasteiger partial charge in [-0.15, -0.1) is 0 Å². The Labute approximate surface area is 125 Å². The van der Waals surface area contributed by atoms with Gasteiger partial charge in [0.25, 0.3) is 0 Å². The Morgan fingerprint density at radius 1 is 1.14 bits per heavy atom. The molecular formula is C18H24O3. The molecule has 0 heterocycles. The first kappa shape index (κ1) is 13.7. The summed E-state index contributed by atoms with van der Waals surface area (Å²) in [7, 11) is 0. The third kappa shape index (κ3) is 1.76. The number of fused-ring (bicyclic) bond motifs is 5. The number of hydrogen-bond acceptors (Lipinski definition) is 3. The van der Waals surface area contributed by atoms with Crippen LogP contribution in [0.25, 0.3) is 0 Å². The highest BCUT2D eigenvalue weighted by molar-refractivity contribution is 6.39. The number of carbonyl (C=O) groups excluding carboxylic acids is 2. The molecule has 0 radical (unpaired) electrons. The second kappa shape index (κ2) is 4.52. The summed E-state index contributed by atoms with van der Waals surface area (Å²) in [4.78, 5) is 23.8. The van der Waals surface area contributed by atoms with E-state index < -0.39 is 0 Å². The minimum atomic E-state index is -0.195. The Bertz CT molecular complexity index is 535. The summed E-state index contributed by atoms with van der Waals surface area (Å²) in [6.45, 7) is 2.27. The molecule has 6 atom stereocenters. The molecule has 0 aromatic rings. The second-order valence-electron chi connectivity index (χ2n) is 7.84. The number of hydrogen-bond donors (Lipinski definition) is 1. The van der Waals surface area contributed by atoms with Crippen LogP contribution in [-0.2, 0) is 9.59 Å². The van der Waals surface area contributed by atoms with Gasteiger partial charge in [-0.25, -0.2) is 0 Å². The minimum absolute atomic E-state index is 0.0864. The molecule has 4 aliphatic carbocycles. The summed E-state index contributed by atoms with van der Waals surface area (Å²) < 4.78 is 0. The van der Waals surface area contributed by atoms with Gasteiger partial charge in [0.15, 0.2) is 0 Å². The number of aliphatic hydroxyl groups is 1. The van der Waals surface area contributed by atoms with E-state index in [1.165, 1.54) is 5.57 Å². The van der Waals surface area contributed by atoms with Gasteiger partial charge < -0.3 is 5.11 Å². The second-order valence-corrected chi connectivity index (χ2v) is 7.84. The number of Topliss-reactive ketones (excluding diaryl/α,β-unsaturated/α-hetero) is 2. The highest BCUT2D eigenvalue weighted by Gasteiger charge is 2.56. The van der Waals surface area contributed by atoms with Gasteiger partial charge in [0, 0.05) is 12.3 Å². The average molecular weight is 288 g/mol. The van der Waals surface area contributed by atoms with E-state index in [4.69, 9.17) is 0 Å². The molecule has 0 amide bonds. The van der Waals surface area contributed by atoms with Crippen LogP contribution in [0.1, 0.15) is 51.9 Å². The zero-order chi connectivity index (χ0) is 14.8. The Hall–Kier alpha value is -0.960. The fraction of sp³-hybridized carbons (Fsp3) is 0.778. The van der Waals surface area contributed by atoms with Crippen LogP contribution in [0.5, 0.6) is 0 Å². The van der Waals surface area contributed by atoms with E-state index >= 15 is 0 Å². The minimum Gasteiger partial charge on any atom is -0.393 e.